The SMILES string of the molecule is CC1CNCCN1[Si](C1CCCC1)(C1CCCC1)N1CCNCC1C. The average molecular weight is 365 g/mol. The number of hydrogen-bond donors (Lipinski definition) is 2. The molecule has 0 spiro atoms. The molecule has 0 radical (unpaired) electrons. The van der Waals surface area contributed by atoms with Crippen LogP contribution in [0.3, 0.4) is 0 Å². The Hall–Kier alpha value is 0.0569. The molecule has 0 aromatic rings. The molecule has 2 unspecified atom stereocenters. The molecular formula is C20H40N4Si. The summed E-state index contributed by atoms with van der Waals surface area (Å²) in [6.45, 7) is 12.5. The summed E-state index contributed by atoms with van der Waals surface area (Å²) < 4.78 is 6.30. The van der Waals surface area contributed by atoms with E-state index < -0.39 is 8.40 Å². The van der Waals surface area contributed by atoms with E-state index >= 15 is 0 Å². The van der Waals surface area contributed by atoms with E-state index in [4.69, 9.17) is 0 Å². The van der Waals surface area contributed by atoms with Crippen LogP contribution in [0.5, 0.6) is 0 Å². The van der Waals surface area contributed by atoms with Gasteiger partial charge in [0.2, 0.25) is 8.40 Å². The Kier molecular flexibility index (Phi) is 5.87. The minimum atomic E-state index is -1.67. The van der Waals surface area contributed by atoms with E-state index in [1.165, 1.54) is 90.6 Å². The molecule has 2 heterocycles. The van der Waals surface area contributed by atoms with Crippen molar-refractivity contribution in [3.63, 3.8) is 0 Å². The molecule has 0 aromatic heterocycles. The quantitative estimate of drug-likeness (QED) is 0.751. The van der Waals surface area contributed by atoms with Gasteiger partial charge in [-0.3, -0.25) is 0 Å². The van der Waals surface area contributed by atoms with Gasteiger partial charge in [-0.2, -0.15) is 0 Å². The van der Waals surface area contributed by atoms with E-state index in [0.29, 0.717) is 0 Å². The predicted molar refractivity (Wildman–Crippen MR) is 108 cm³/mol. The molecule has 5 heteroatoms. The first-order valence-electron chi connectivity index (χ1n) is 11.2. The van der Waals surface area contributed by atoms with Crippen molar-refractivity contribution in [1.82, 2.24) is 19.8 Å². The van der Waals surface area contributed by atoms with Crippen LogP contribution in [0.25, 0.3) is 0 Å². The van der Waals surface area contributed by atoms with Gasteiger partial charge in [0, 0.05) is 51.4 Å². The lowest BCUT2D eigenvalue weighted by atomic mass is 10.3. The van der Waals surface area contributed by atoms with Gasteiger partial charge in [0.15, 0.2) is 0 Å². The highest BCUT2D eigenvalue weighted by Crippen LogP contribution is 2.54. The molecule has 4 rings (SSSR count). The van der Waals surface area contributed by atoms with Crippen molar-refractivity contribution in [3.8, 4) is 0 Å². The molecule has 0 bridgehead atoms. The third kappa shape index (κ3) is 3.24. The summed E-state index contributed by atoms with van der Waals surface area (Å²) in [5.74, 6) is 0. The van der Waals surface area contributed by atoms with Crippen LogP contribution in [0.2, 0.25) is 11.1 Å². The summed E-state index contributed by atoms with van der Waals surface area (Å²) in [5, 5.41) is 7.36. The van der Waals surface area contributed by atoms with Crippen LogP contribution < -0.4 is 10.6 Å². The third-order valence-electron chi connectivity index (χ3n) is 7.83. The summed E-state index contributed by atoms with van der Waals surface area (Å²) >= 11 is 0. The van der Waals surface area contributed by atoms with Crippen molar-refractivity contribution in [2.45, 2.75) is 88.4 Å². The largest absolute Gasteiger partial charge is 0.314 e. The summed E-state index contributed by atoms with van der Waals surface area (Å²) in [4.78, 5) is 0. The Balaban J connectivity index is 1.77. The minimum absolute atomic E-state index is 0.726. The molecule has 2 aliphatic heterocycles. The fraction of sp³-hybridized carbons (Fsp3) is 1.00. The van der Waals surface area contributed by atoms with Crippen molar-refractivity contribution in [2.75, 3.05) is 39.3 Å². The predicted octanol–water partition coefficient (Wildman–Crippen LogP) is 2.90. The van der Waals surface area contributed by atoms with Crippen molar-refractivity contribution in [3.05, 3.63) is 0 Å². The average Bonchev–Trinajstić information content (AvgIpc) is 3.33. The van der Waals surface area contributed by atoms with Gasteiger partial charge in [-0.1, -0.05) is 51.4 Å². The van der Waals surface area contributed by atoms with Gasteiger partial charge in [0.05, 0.1) is 0 Å². The zero-order valence-corrected chi connectivity index (χ0v) is 17.6. The molecular weight excluding hydrogens is 324 g/mol. The molecule has 2 saturated heterocycles. The summed E-state index contributed by atoms with van der Waals surface area (Å²) in [6, 6.07) is 1.45. The molecule has 2 aliphatic carbocycles. The van der Waals surface area contributed by atoms with Gasteiger partial charge in [0.1, 0.15) is 0 Å². The first-order valence-corrected chi connectivity index (χ1v) is 13.2. The fourth-order valence-electron chi connectivity index (χ4n) is 6.88. The van der Waals surface area contributed by atoms with Crippen LogP contribution in [-0.2, 0) is 0 Å². The van der Waals surface area contributed by atoms with E-state index in [0.717, 1.165) is 23.2 Å². The van der Waals surface area contributed by atoms with Crippen molar-refractivity contribution < 1.29 is 0 Å². The standard InChI is InChI=1S/C20H40N4Si/c1-17-15-21-11-13-23(17)25(19-7-3-4-8-19,20-9-5-6-10-20)24-14-12-22-16-18(24)2/h17-22H,3-16H2,1-2H3. The Morgan fingerprint density at radius 1 is 0.680 bits per heavy atom. The highest BCUT2D eigenvalue weighted by atomic mass is 28.4. The van der Waals surface area contributed by atoms with Crippen molar-refractivity contribution in [2.24, 2.45) is 0 Å². The first kappa shape index (κ1) is 18.4. The van der Waals surface area contributed by atoms with E-state index in [2.05, 4.69) is 33.6 Å². The molecule has 4 aliphatic rings. The molecule has 2 N–H and O–H groups in total. The number of piperazine rings is 2. The zero-order chi connectivity index (χ0) is 17.3. The Bertz CT molecular complexity index is 393. The lowest BCUT2D eigenvalue weighted by molar-refractivity contribution is 0.182. The van der Waals surface area contributed by atoms with Crippen molar-refractivity contribution in [1.29, 1.82) is 0 Å². The van der Waals surface area contributed by atoms with Gasteiger partial charge in [-0.05, 0) is 24.9 Å². The number of nitrogens with one attached hydrogen (secondary N) is 2. The van der Waals surface area contributed by atoms with Crippen LogP contribution in [-0.4, -0.2) is 68.9 Å². The second-order valence-corrected chi connectivity index (χ2v) is 13.6. The second kappa shape index (κ2) is 7.97. The topological polar surface area (TPSA) is 30.5 Å². The van der Waals surface area contributed by atoms with Crippen LogP contribution in [0.1, 0.15) is 65.2 Å². The van der Waals surface area contributed by atoms with E-state index in [-0.39, 0.29) is 0 Å². The lowest BCUT2D eigenvalue weighted by Gasteiger charge is -2.61. The number of hydrogen-bond acceptors (Lipinski definition) is 4. The fourth-order valence-corrected chi connectivity index (χ4v) is 14.8. The third-order valence-corrected chi connectivity index (χ3v) is 14.6. The summed E-state index contributed by atoms with van der Waals surface area (Å²) in [5.41, 5.74) is 2.05. The molecule has 144 valence electrons. The molecule has 0 amide bonds. The number of nitrogens with zero attached hydrogens (tertiary/aromatic N) is 2. The lowest BCUT2D eigenvalue weighted by Crippen LogP contribution is -2.78. The van der Waals surface area contributed by atoms with Gasteiger partial charge in [-0.25, -0.2) is 0 Å². The number of rotatable bonds is 4. The maximum Gasteiger partial charge on any atom is 0.213 e. The monoisotopic (exact) mass is 364 g/mol. The first-order chi connectivity index (χ1) is 12.2. The highest BCUT2D eigenvalue weighted by Gasteiger charge is 2.59. The Morgan fingerprint density at radius 2 is 1.08 bits per heavy atom. The van der Waals surface area contributed by atoms with Gasteiger partial charge >= 0.3 is 0 Å². The van der Waals surface area contributed by atoms with Crippen LogP contribution >= 0.6 is 0 Å². The zero-order valence-electron chi connectivity index (χ0n) is 16.6. The molecule has 2 saturated carbocycles. The van der Waals surface area contributed by atoms with Gasteiger partial charge in [0.25, 0.3) is 0 Å². The molecule has 25 heavy (non-hydrogen) atoms. The smallest absolute Gasteiger partial charge is 0.213 e. The Labute approximate surface area is 156 Å². The van der Waals surface area contributed by atoms with Gasteiger partial charge < -0.3 is 19.8 Å². The van der Waals surface area contributed by atoms with Gasteiger partial charge in [-0.15, -0.1) is 0 Å². The maximum atomic E-state index is 3.68. The van der Waals surface area contributed by atoms with Crippen LogP contribution in [0.4, 0.5) is 0 Å². The second-order valence-electron chi connectivity index (χ2n) is 9.24. The molecule has 2 atom stereocenters. The van der Waals surface area contributed by atoms with E-state index in [1.807, 2.05) is 0 Å². The normalized spacial score (nSPS) is 34.8. The summed E-state index contributed by atoms with van der Waals surface area (Å²) in [6.07, 6.45) is 12.1. The van der Waals surface area contributed by atoms with E-state index in [1.54, 1.807) is 0 Å². The van der Waals surface area contributed by atoms with Crippen molar-refractivity contribution >= 4 is 8.40 Å². The molecule has 0 aromatic carbocycles. The van der Waals surface area contributed by atoms with Crippen LogP contribution in [0, 0.1) is 0 Å². The molecule has 4 nitrogen and oxygen atoms in total. The van der Waals surface area contributed by atoms with E-state index in [9.17, 15) is 0 Å². The summed E-state index contributed by atoms with van der Waals surface area (Å²) in [7, 11) is -1.67. The van der Waals surface area contributed by atoms with Crippen LogP contribution in [0.15, 0.2) is 0 Å². The maximum absolute atomic E-state index is 3.68. The highest BCUT2D eigenvalue weighted by molar-refractivity contribution is 6.77. The Morgan fingerprint density at radius 3 is 1.44 bits per heavy atom. The minimum Gasteiger partial charge on any atom is -0.314 e. The molecule has 4 fully saturated rings.